The lowest BCUT2D eigenvalue weighted by Crippen LogP contribution is -2.39. The number of nitrogens with one attached hydrogen (secondary N) is 1. The summed E-state index contributed by atoms with van der Waals surface area (Å²) in [5.41, 5.74) is 0.702. The average Bonchev–Trinajstić information content (AvgIpc) is 3.14. The summed E-state index contributed by atoms with van der Waals surface area (Å²) < 4.78 is 10.6. The van der Waals surface area contributed by atoms with E-state index in [4.69, 9.17) is 9.47 Å². The number of carbonyl (C=O) groups excluding carboxylic acids is 1. The number of carbonyl (C=O) groups is 1. The van der Waals surface area contributed by atoms with Gasteiger partial charge in [0.2, 0.25) is 12.7 Å². The van der Waals surface area contributed by atoms with Gasteiger partial charge in [-0.15, -0.1) is 11.3 Å². The molecule has 1 aromatic carbocycles. The van der Waals surface area contributed by atoms with Crippen molar-refractivity contribution in [2.24, 2.45) is 0 Å². The number of hydrogen-bond donors (Lipinski definition) is 1. The van der Waals surface area contributed by atoms with E-state index in [-0.39, 0.29) is 18.7 Å². The van der Waals surface area contributed by atoms with Crippen LogP contribution in [-0.4, -0.2) is 35.7 Å². The zero-order chi connectivity index (χ0) is 16.4. The van der Waals surface area contributed by atoms with Crippen LogP contribution in [0, 0.1) is 6.92 Å². The molecular formula is C16H19N3O3S. The first-order chi connectivity index (χ1) is 11.0. The largest absolute Gasteiger partial charge is 0.454 e. The predicted octanol–water partition coefficient (Wildman–Crippen LogP) is 2.64. The number of hydrogen-bond acceptors (Lipinski definition) is 6. The molecule has 6 nitrogen and oxygen atoms in total. The van der Waals surface area contributed by atoms with Crippen LogP contribution in [-0.2, 0) is 11.3 Å². The Hall–Kier alpha value is -2.12. The van der Waals surface area contributed by atoms with Crippen LogP contribution in [0.2, 0.25) is 0 Å². The first-order valence-electron chi connectivity index (χ1n) is 7.35. The molecule has 0 radical (unpaired) electrons. The fourth-order valence-corrected chi connectivity index (χ4v) is 3.14. The van der Waals surface area contributed by atoms with E-state index < -0.39 is 0 Å². The van der Waals surface area contributed by atoms with Crippen LogP contribution in [0.1, 0.15) is 16.8 Å². The first kappa shape index (κ1) is 15.8. The minimum Gasteiger partial charge on any atom is -0.454 e. The van der Waals surface area contributed by atoms with Crippen LogP contribution < -0.4 is 14.8 Å². The molecule has 0 unspecified atom stereocenters. The van der Waals surface area contributed by atoms with E-state index in [2.05, 4.69) is 10.3 Å². The summed E-state index contributed by atoms with van der Waals surface area (Å²) in [7, 11) is 1.93. The minimum atomic E-state index is -0.261. The zero-order valence-electron chi connectivity index (χ0n) is 13.3. The number of rotatable bonds is 5. The predicted molar refractivity (Wildman–Crippen MR) is 89.0 cm³/mol. The molecule has 0 spiro atoms. The molecule has 1 aliphatic heterocycles. The van der Waals surface area contributed by atoms with E-state index in [9.17, 15) is 4.79 Å². The van der Waals surface area contributed by atoms with Crippen LogP contribution in [0.3, 0.4) is 0 Å². The van der Waals surface area contributed by atoms with Crippen LogP contribution in [0.5, 0.6) is 11.5 Å². The summed E-state index contributed by atoms with van der Waals surface area (Å²) >= 11 is 1.65. The second kappa shape index (κ2) is 6.55. The van der Waals surface area contributed by atoms with Gasteiger partial charge in [-0.1, -0.05) is 0 Å². The van der Waals surface area contributed by atoms with E-state index in [0.717, 1.165) is 9.88 Å². The summed E-state index contributed by atoms with van der Waals surface area (Å²) in [6, 6.07) is 5.12. The lowest BCUT2D eigenvalue weighted by atomic mass is 10.2. The van der Waals surface area contributed by atoms with Crippen LogP contribution in [0.4, 0.5) is 5.69 Å². The summed E-state index contributed by atoms with van der Waals surface area (Å²) in [4.78, 5) is 19.8. The zero-order valence-corrected chi connectivity index (χ0v) is 14.1. The molecular weight excluding hydrogens is 314 g/mol. The lowest BCUT2D eigenvalue weighted by Gasteiger charge is -2.23. The standard InChI is InChI=1S/C16H19N3O3S/c1-10(19(3)8-13-7-17-11(2)23-13)16(20)18-12-4-5-14-15(6-12)22-9-21-14/h4-7,10H,8-9H2,1-3H3,(H,18,20)/t10-/m1/s1. The molecule has 1 aliphatic rings. The monoisotopic (exact) mass is 333 g/mol. The maximum absolute atomic E-state index is 12.4. The molecule has 1 amide bonds. The Labute approximate surface area is 139 Å². The van der Waals surface area contributed by atoms with Crippen molar-refractivity contribution in [2.45, 2.75) is 26.4 Å². The number of amides is 1. The van der Waals surface area contributed by atoms with Gasteiger partial charge >= 0.3 is 0 Å². The number of nitrogens with zero attached hydrogens (tertiary/aromatic N) is 2. The molecule has 2 heterocycles. The molecule has 1 N–H and O–H groups in total. The number of fused-ring (bicyclic) bond motifs is 1. The number of anilines is 1. The maximum Gasteiger partial charge on any atom is 0.241 e. The Morgan fingerprint density at radius 3 is 2.96 bits per heavy atom. The molecule has 23 heavy (non-hydrogen) atoms. The second-order valence-corrected chi connectivity index (χ2v) is 6.81. The van der Waals surface area contributed by atoms with Crippen molar-refractivity contribution in [3.8, 4) is 11.5 Å². The molecule has 0 fully saturated rings. The quantitative estimate of drug-likeness (QED) is 0.911. The molecule has 0 aliphatic carbocycles. The Bertz CT molecular complexity index is 716. The van der Waals surface area contributed by atoms with Crippen LogP contribution in [0.25, 0.3) is 0 Å². The van der Waals surface area contributed by atoms with E-state index in [1.54, 1.807) is 23.5 Å². The third-order valence-electron chi connectivity index (χ3n) is 3.76. The average molecular weight is 333 g/mol. The van der Waals surface area contributed by atoms with Crippen molar-refractivity contribution in [3.63, 3.8) is 0 Å². The van der Waals surface area contributed by atoms with E-state index in [0.29, 0.717) is 23.7 Å². The maximum atomic E-state index is 12.4. The molecule has 3 rings (SSSR count). The third-order valence-corrected chi connectivity index (χ3v) is 4.65. The number of benzene rings is 1. The van der Waals surface area contributed by atoms with E-state index in [1.807, 2.05) is 38.1 Å². The fraction of sp³-hybridized carbons (Fsp3) is 0.375. The summed E-state index contributed by atoms with van der Waals surface area (Å²) in [6.07, 6.45) is 1.86. The van der Waals surface area contributed by atoms with Gasteiger partial charge in [0.25, 0.3) is 0 Å². The number of aryl methyl sites for hydroxylation is 1. The van der Waals surface area contributed by atoms with Crippen molar-refractivity contribution < 1.29 is 14.3 Å². The van der Waals surface area contributed by atoms with E-state index >= 15 is 0 Å². The van der Waals surface area contributed by atoms with Crippen molar-refractivity contribution in [3.05, 3.63) is 34.3 Å². The fourth-order valence-electron chi connectivity index (χ4n) is 2.28. The lowest BCUT2D eigenvalue weighted by molar-refractivity contribution is -0.120. The van der Waals surface area contributed by atoms with Crippen molar-refractivity contribution in [2.75, 3.05) is 19.2 Å². The molecule has 0 saturated carbocycles. The Morgan fingerprint density at radius 1 is 1.43 bits per heavy atom. The summed E-state index contributed by atoms with van der Waals surface area (Å²) in [5, 5.41) is 3.95. The highest BCUT2D eigenvalue weighted by molar-refractivity contribution is 7.11. The van der Waals surface area contributed by atoms with Crippen molar-refractivity contribution in [1.82, 2.24) is 9.88 Å². The molecule has 0 bridgehead atoms. The van der Waals surface area contributed by atoms with Gasteiger partial charge in [0.05, 0.1) is 11.0 Å². The third kappa shape index (κ3) is 3.62. The first-order valence-corrected chi connectivity index (χ1v) is 8.16. The van der Waals surface area contributed by atoms with Crippen molar-refractivity contribution in [1.29, 1.82) is 0 Å². The van der Waals surface area contributed by atoms with Crippen LogP contribution >= 0.6 is 11.3 Å². The van der Waals surface area contributed by atoms with Gasteiger partial charge in [0, 0.05) is 29.4 Å². The highest BCUT2D eigenvalue weighted by Gasteiger charge is 2.20. The smallest absolute Gasteiger partial charge is 0.241 e. The van der Waals surface area contributed by atoms with Gasteiger partial charge < -0.3 is 14.8 Å². The van der Waals surface area contributed by atoms with Gasteiger partial charge in [-0.2, -0.15) is 0 Å². The Morgan fingerprint density at radius 2 is 2.22 bits per heavy atom. The van der Waals surface area contributed by atoms with Gasteiger partial charge in [-0.25, -0.2) is 4.98 Å². The van der Waals surface area contributed by atoms with Gasteiger partial charge in [0.1, 0.15) is 0 Å². The van der Waals surface area contributed by atoms with Crippen LogP contribution in [0.15, 0.2) is 24.4 Å². The van der Waals surface area contributed by atoms with E-state index in [1.165, 1.54) is 0 Å². The molecule has 1 aromatic heterocycles. The molecule has 122 valence electrons. The summed E-state index contributed by atoms with van der Waals surface area (Å²) in [6.45, 7) is 4.78. The number of thiazole rings is 1. The SMILES string of the molecule is Cc1ncc(CN(C)[C@H](C)C(=O)Nc2ccc3c(c2)OCO3)s1. The second-order valence-electron chi connectivity index (χ2n) is 5.49. The molecule has 0 saturated heterocycles. The topological polar surface area (TPSA) is 63.7 Å². The molecule has 7 heteroatoms. The van der Waals surface area contributed by atoms with Gasteiger partial charge in [-0.3, -0.25) is 9.69 Å². The van der Waals surface area contributed by atoms with Gasteiger partial charge in [-0.05, 0) is 33.0 Å². The molecule has 1 atom stereocenters. The Kier molecular flexibility index (Phi) is 4.49. The normalized spacial score (nSPS) is 14.1. The molecule has 2 aromatic rings. The minimum absolute atomic E-state index is 0.0624. The van der Waals surface area contributed by atoms with Crippen molar-refractivity contribution >= 4 is 22.9 Å². The number of aromatic nitrogens is 1. The number of ether oxygens (including phenoxy) is 2. The summed E-state index contributed by atoms with van der Waals surface area (Å²) in [5.74, 6) is 1.30. The number of likely N-dealkylation sites (N-methyl/N-ethyl adjacent to an activating group) is 1. The highest BCUT2D eigenvalue weighted by atomic mass is 32.1. The van der Waals surface area contributed by atoms with Gasteiger partial charge in [0.15, 0.2) is 11.5 Å². The highest BCUT2D eigenvalue weighted by Crippen LogP contribution is 2.34. The Balaban J connectivity index is 1.60.